The van der Waals surface area contributed by atoms with Gasteiger partial charge < -0.3 is 10.5 Å². The molecule has 2 aromatic rings. The van der Waals surface area contributed by atoms with Crippen molar-refractivity contribution in [3.05, 3.63) is 22.8 Å². The third-order valence-electron chi connectivity index (χ3n) is 2.68. The second kappa shape index (κ2) is 4.97. The van der Waals surface area contributed by atoms with Crippen LogP contribution in [0.2, 0.25) is 0 Å². The number of hydrogen-bond acceptors (Lipinski definition) is 4. The fourth-order valence-corrected chi connectivity index (χ4v) is 2.28. The molecule has 1 aromatic carbocycles. The third-order valence-corrected chi connectivity index (χ3v) is 3.27. The second-order valence-electron chi connectivity index (χ2n) is 3.94. The lowest BCUT2D eigenvalue weighted by atomic mass is 10.2. The zero-order valence-corrected chi connectivity index (χ0v) is 11.8. The van der Waals surface area contributed by atoms with Gasteiger partial charge in [-0.3, -0.25) is 0 Å². The van der Waals surface area contributed by atoms with Crippen molar-refractivity contribution in [3.8, 4) is 0 Å². The van der Waals surface area contributed by atoms with Crippen LogP contribution in [0.4, 0.5) is 5.69 Å². The van der Waals surface area contributed by atoms with Crippen molar-refractivity contribution in [1.29, 1.82) is 0 Å². The molecule has 0 bridgehead atoms. The molecule has 96 valence electrons. The lowest BCUT2D eigenvalue weighted by Gasteiger charge is -2.12. The average molecular weight is 312 g/mol. The van der Waals surface area contributed by atoms with Crippen molar-refractivity contribution in [2.75, 3.05) is 12.3 Å². The number of nitrogen functional groups attached to an aromatic ring is 1. The van der Waals surface area contributed by atoms with Crippen molar-refractivity contribution < 1.29 is 9.53 Å². The van der Waals surface area contributed by atoms with Gasteiger partial charge in [-0.1, -0.05) is 0 Å². The number of carbonyl (C=O) groups excluding carboxylic acids is 1. The van der Waals surface area contributed by atoms with Crippen molar-refractivity contribution in [1.82, 2.24) is 9.78 Å². The molecule has 0 fully saturated rings. The van der Waals surface area contributed by atoms with Gasteiger partial charge in [0.05, 0.1) is 12.1 Å². The summed E-state index contributed by atoms with van der Waals surface area (Å²) in [5.41, 5.74) is 7.20. The Bertz CT molecular complexity index is 594. The Balaban J connectivity index is 2.50. The first-order chi connectivity index (χ1) is 8.54. The Labute approximate surface area is 113 Å². The highest BCUT2D eigenvalue weighted by Gasteiger charge is 2.20. The number of aromatic nitrogens is 2. The largest absolute Gasteiger partial charge is 0.464 e. The number of ether oxygens (including phenoxy) is 1. The van der Waals surface area contributed by atoms with Crippen LogP contribution < -0.4 is 5.73 Å². The third kappa shape index (κ3) is 2.20. The van der Waals surface area contributed by atoms with Gasteiger partial charge in [0.15, 0.2) is 0 Å². The first kappa shape index (κ1) is 12.9. The average Bonchev–Trinajstić information content (AvgIpc) is 2.65. The van der Waals surface area contributed by atoms with E-state index in [1.807, 2.05) is 6.07 Å². The molecule has 0 saturated heterocycles. The highest BCUT2D eigenvalue weighted by Crippen LogP contribution is 2.27. The van der Waals surface area contributed by atoms with Gasteiger partial charge in [-0.05, 0) is 48.0 Å². The molecule has 6 heteroatoms. The van der Waals surface area contributed by atoms with Crippen LogP contribution in [0.25, 0.3) is 10.9 Å². The van der Waals surface area contributed by atoms with E-state index in [0.717, 1.165) is 10.9 Å². The Morgan fingerprint density at radius 3 is 3.00 bits per heavy atom. The number of hydrogen-bond donors (Lipinski definition) is 1. The summed E-state index contributed by atoms with van der Waals surface area (Å²) >= 11 is 3.37. The lowest BCUT2D eigenvalue weighted by Crippen LogP contribution is -2.20. The molecular weight excluding hydrogens is 298 g/mol. The summed E-state index contributed by atoms with van der Waals surface area (Å²) in [7, 11) is 0. The van der Waals surface area contributed by atoms with E-state index in [4.69, 9.17) is 10.5 Å². The predicted octanol–water partition coefficient (Wildman–Crippen LogP) is 2.51. The first-order valence-electron chi connectivity index (χ1n) is 5.64. The quantitative estimate of drug-likeness (QED) is 0.698. The molecule has 0 radical (unpaired) electrons. The number of esters is 1. The smallest absolute Gasteiger partial charge is 0.330 e. The minimum atomic E-state index is -0.486. The molecule has 0 saturated carbocycles. The van der Waals surface area contributed by atoms with Gasteiger partial charge in [-0.15, -0.1) is 0 Å². The molecule has 1 atom stereocenters. The van der Waals surface area contributed by atoms with Gasteiger partial charge in [0.25, 0.3) is 0 Å². The van der Waals surface area contributed by atoms with Crippen LogP contribution in [-0.4, -0.2) is 22.4 Å². The van der Waals surface area contributed by atoms with E-state index in [0.29, 0.717) is 16.9 Å². The van der Waals surface area contributed by atoms with Crippen LogP contribution in [-0.2, 0) is 9.53 Å². The van der Waals surface area contributed by atoms with Crippen molar-refractivity contribution >= 4 is 38.5 Å². The lowest BCUT2D eigenvalue weighted by molar-refractivity contribution is -0.146. The van der Waals surface area contributed by atoms with Gasteiger partial charge in [0, 0.05) is 11.1 Å². The zero-order chi connectivity index (χ0) is 13.3. The molecule has 5 nitrogen and oxygen atoms in total. The maximum absolute atomic E-state index is 11.8. The van der Waals surface area contributed by atoms with Crippen LogP contribution in [0.5, 0.6) is 0 Å². The summed E-state index contributed by atoms with van der Waals surface area (Å²) in [5, 5.41) is 5.23. The Hall–Kier alpha value is -1.56. The van der Waals surface area contributed by atoms with Crippen LogP contribution in [0.15, 0.2) is 22.8 Å². The predicted molar refractivity (Wildman–Crippen MR) is 73.2 cm³/mol. The number of rotatable bonds is 3. The van der Waals surface area contributed by atoms with Gasteiger partial charge in [-0.2, -0.15) is 5.10 Å². The van der Waals surface area contributed by atoms with E-state index < -0.39 is 6.04 Å². The minimum absolute atomic E-state index is 0.308. The number of halogens is 1. The van der Waals surface area contributed by atoms with E-state index in [-0.39, 0.29) is 5.97 Å². The van der Waals surface area contributed by atoms with E-state index in [2.05, 4.69) is 21.0 Å². The number of fused-ring (bicyclic) bond motifs is 1. The number of nitrogens with zero attached hydrogens (tertiary/aromatic N) is 2. The van der Waals surface area contributed by atoms with Gasteiger partial charge in [-0.25, -0.2) is 9.48 Å². The van der Waals surface area contributed by atoms with E-state index in [9.17, 15) is 4.79 Å². The van der Waals surface area contributed by atoms with E-state index in [1.165, 1.54) is 0 Å². The molecule has 0 aliphatic rings. The zero-order valence-electron chi connectivity index (χ0n) is 10.2. The van der Waals surface area contributed by atoms with Crippen molar-refractivity contribution in [2.24, 2.45) is 0 Å². The van der Waals surface area contributed by atoms with E-state index in [1.54, 1.807) is 30.7 Å². The summed E-state index contributed by atoms with van der Waals surface area (Å²) in [5.74, 6) is -0.308. The van der Waals surface area contributed by atoms with Crippen LogP contribution in [0.3, 0.4) is 0 Å². The molecule has 0 spiro atoms. The standard InChI is InChI=1S/C12H14BrN3O2/c1-3-18-12(17)7(2)16-10-6-8(14)4-5-9(10)11(13)15-16/h4-7H,3,14H2,1-2H3. The maximum atomic E-state index is 11.8. The highest BCUT2D eigenvalue weighted by molar-refractivity contribution is 9.10. The molecule has 1 aromatic heterocycles. The Morgan fingerprint density at radius 1 is 1.61 bits per heavy atom. The van der Waals surface area contributed by atoms with Crippen LogP contribution >= 0.6 is 15.9 Å². The van der Waals surface area contributed by atoms with E-state index >= 15 is 0 Å². The molecule has 1 unspecified atom stereocenters. The molecule has 2 N–H and O–H groups in total. The molecule has 2 rings (SSSR count). The molecular formula is C12H14BrN3O2. The monoisotopic (exact) mass is 311 g/mol. The SMILES string of the molecule is CCOC(=O)C(C)n1nc(Br)c2ccc(N)cc21. The summed E-state index contributed by atoms with van der Waals surface area (Å²) in [6.45, 7) is 3.88. The Kier molecular flexibility index (Phi) is 3.56. The molecule has 18 heavy (non-hydrogen) atoms. The molecule has 1 heterocycles. The maximum Gasteiger partial charge on any atom is 0.330 e. The van der Waals surface area contributed by atoms with Crippen LogP contribution in [0.1, 0.15) is 19.9 Å². The highest BCUT2D eigenvalue weighted by atomic mass is 79.9. The fourth-order valence-electron chi connectivity index (χ4n) is 1.77. The van der Waals surface area contributed by atoms with Crippen LogP contribution in [0, 0.1) is 0 Å². The first-order valence-corrected chi connectivity index (χ1v) is 6.43. The summed E-state index contributed by atoms with van der Waals surface area (Å²) in [6.07, 6.45) is 0. The minimum Gasteiger partial charge on any atom is -0.464 e. The number of benzene rings is 1. The number of nitrogens with two attached hydrogens (primary N) is 1. The fraction of sp³-hybridized carbons (Fsp3) is 0.333. The van der Waals surface area contributed by atoms with Gasteiger partial charge >= 0.3 is 5.97 Å². The normalized spacial score (nSPS) is 12.6. The molecule has 0 aliphatic heterocycles. The van der Waals surface area contributed by atoms with Gasteiger partial charge in [0.2, 0.25) is 0 Å². The van der Waals surface area contributed by atoms with Crippen molar-refractivity contribution in [2.45, 2.75) is 19.9 Å². The topological polar surface area (TPSA) is 70.1 Å². The van der Waals surface area contributed by atoms with Gasteiger partial charge in [0.1, 0.15) is 10.6 Å². The number of carbonyl (C=O) groups is 1. The molecule has 0 aliphatic carbocycles. The Morgan fingerprint density at radius 2 is 2.33 bits per heavy atom. The summed E-state index contributed by atoms with van der Waals surface area (Å²) in [4.78, 5) is 11.8. The van der Waals surface area contributed by atoms with Crippen molar-refractivity contribution in [3.63, 3.8) is 0 Å². The number of anilines is 1. The molecule has 0 amide bonds. The summed E-state index contributed by atoms with van der Waals surface area (Å²) in [6, 6.07) is 4.98. The summed E-state index contributed by atoms with van der Waals surface area (Å²) < 4.78 is 7.31. The second-order valence-corrected chi connectivity index (χ2v) is 4.69.